The van der Waals surface area contributed by atoms with E-state index < -0.39 is 43.3 Å². The molecule has 4 rings (SSSR count). The van der Waals surface area contributed by atoms with Gasteiger partial charge in [0, 0.05) is 0 Å². The summed E-state index contributed by atoms with van der Waals surface area (Å²) in [5, 5.41) is 40.1. The first-order valence-electron chi connectivity index (χ1n) is 15.6. The zero-order valence-corrected chi connectivity index (χ0v) is 27.7. The van der Waals surface area contributed by atoms with Crippen LogP contribution >= 0.6 is 0 Å². The van der Waals surface area contributed by atoms with Gasteiger partial charge in [-0.3, -0.25) is 0 Å². The minimum atomic E-state index is -3.40. The number of ether oxygens (including phenoxy) is 1. The summed E-state index contributed by atoms with van der Waals surface area (Å²) in [6.07, 6.45) is 6.77. The molecule has 11 nitrogen and oxygen atoms in total. The lowest BCUT2D eigenvalue weighted by Crippen LogP contribution is -2.52. The van der Waals surface area contributed by atoms with E-state index in [0.29, 0.717) is 55.4 Å². The molecular formula is C32H47N3O8S2. The Balaban J connectivity index is 0.000000248. The number of sulfonamides is 2. The average molecular weight is 666 g/mol. The molecule has 13 heteroatoms. The van der Waals surface area contributed by atoms with Gasteiger partial charge in [-0.15, -0.1) is 0 Å². The van der Waals surface area contributed by atoms with Gasteiger partial charge in [-0.05, 0) is 73.9 Å². The van der Waals surface area contributed by atoms with Crippen LogP contribution in [0.4, 0.5) is 0 Å². The van der Waals surface area contributed by atoms with Gasteiger partial charge in [0.25, 0.3) is 0 Å². The van der Waals surface area contributed by atoms with E-state index in [-0.39, 0.29) is 23.9 Å². The van der Waals surface area contributed by atoms with E-state index in [4.69, 9.17) is 10.00 Å². The zero-order valence-electron chi connectivity index (χ0n) is 26.1. The van der Waals surface area contributed by atoms with Crippen LogP contribution in [0.2, 0.25) is 0 Å². The van der Waals surface area contributed by atoms with Crippen molar-refractivity contribution in [1.82, 2.24) is 9.44 Å². The summed E-state index contributed by atoms with van der Waals surface area (Å²) >= 11 is 0. The third kappa shape index (κ3) is 10.1. The van der Waals surface area contributed by atoms with Crippen LogP contribution in [0.25, 0.3) is 0 Å². The number of nitrogens with one attached hydrogen (secondary N) is 2. The number of aliphatic hydroxyl groups is 2. The number of hydrogen-bond donors (Lipinski definition) is 5. The first-order chi connectivity index (χ1) is 21.3. The Morgan fingerprint density at radius 3 is 1.60 bits per heavy atom. The molecule has 45 heavy (non-hydrogen) atoms. The number of aromatic hydroxyl groups is 1. The summed E-state index contributed by atoms with van der Waals surface area (Å²) in [5.41, 5.74) is -1.14. The lowest BCUT2D eigenvalue weighted by atomic mass is 9.76. The van der Waals surface area contributed by atoms with Crippen molar-refractivity contribution in [2.75, 3.05) is 18.1 Å². The van der Waals surface area contributed by atoms with Gasteiger partial charge in [0.05, 0.1) is 23.6 Å². The van der Waals surface area contributed by atoms with E-state index in [0.717, 1.165) is 25.7 Å². The quantitative estimate of drug-likeness (QED) is 0.224. The highest BCUT2D eigenvalue weighted by Crippen LogP contribution is 2.39. The SMILES string of the molecule is CCCS(=O)(=O)NC1CCCCC1(O)c1ccc(O)cc1.CCCS(=O)(=O)NC1CCCCC1(O)c1ccc(OCC#N)cc1. The Morgan fingerprint density at radius 2 is 1.20 bits per heavy atom. The van der Waals surface area contributed by atoms with Crippen molar-refractivity contribution in [3.8, 4) is 17.6 Å². The Hall–Kier alpha value is -2.73. The third-order valence-corrected chi connectivity index (χ3v) is 11.5. The molecule has 2 aliphatic carbocycles. The number of rotatable bonds is 12. The Labute approximate surface area is 267 Å². The molecule has 0 aliphatic heterocycles. The number of nitrogens with zero attached hydrogens (tertiary/aromatic N) is 1. The fourth-order valence-electron chi connectivity index (χ4n) is 6.11. The highest BCUT2D eigenvalue weighted by atomic mass is 32.2. The predicted molar refractivity (Wildman–Crippen MR) is 172 cm³/mol. The van der Waals surface area contributed by atoms with E-state index in [1.165, 1.54) is 12.1 Å². The van der Waals surface area contributed by atoms with Crippen molar-refractivity contribution in [3.05, 3.63) is 59.7 Å². The molecule has 4 unspecified atom stereocenters. The van der Waals surface area contributed by atoms with Crippen molar-refractivity contribution in [1.29, 1.82) is 5.26 Å². The van der Waals surface area contributed by atoms with E-state index in [1.54, 1.807) is 36.4 Å². The third-order valence-electron chi connectivity index (χ3n) is 8.37. The highest BCUT2D eigenvalue weighted by Gasteiger charge is 2.43. The van der Waals surface area contributed by atoms with Crippen LogP contribution in [0.3, 0.4) is 0 Å². The summed E-state index contributed by atoms with van der Waals surface area (Å²) in [4.78, 5) is 0. The Morgan fingerprint density at radius 1 is 0.778 bits per heavy atom. The van der Waals surface area contributed by atoms with Crippen LogP contribution in [0.5, 0.6) is 11.5 Å². The molecule has 4 atom stereocenters. The van der Waals surface area contributed by atoms with Crippen molar-refractivity contribution >= 4 is 20.0 Å². The molecule has 5 N–H and O–H groups in total. The van der Waals surface area contributed by atoms with Gasteiger partial charge < -0.3 is 20.1 Å². The molecule has 0 amide bonds. The number of hydrogen-bond acceptors (Lipinski definition) is 9. The van der Waals surface area contributed by atoms with Crippen molar-refractivity contribution in [2.24, 2.45) is 0 Å². The molecule has 0 saturated heterocycles. The molecule has 250 valence electrons. The fourth-order valence-corrected chi connectivity index (χ4v) is 8.91. The molecule has 2 fully saturated rings. The van der Waals surface area contributed by atoms with Crippen LogP contribution in [0, 0.1) is 11.3 Å². The van der Waals surface area contributed by atoms with Gasteiger partial charge >= 0.3 is 0 Å². The zero-order chi connectivity index (χ0) is 33.1. The average Bonchev–Trinajstić information content (AvgIpc) is 2.99. The maximum atomic E-state index is 12.1. The summed E-state index contributed by atoms with van der Waals surface area (Å²) in [6.45, 7) is 3.58. The molecule has 0 heterocycles. The number of nitriles is 1. The second-order valence-electron chi connectivity index (χ2n) is 11.8. The van der Waals surface area contributed by atoms with Gasteiger partial charge in [0.15, 0.2) is 6.61 Å². The summed E-state index contributed by atoms with van der Waals surface area (Å²) < 4.78 is 58.8. The molecule has 0 spiro atoms. The lowest BCUT2D eigenvalue weighted by molar-refractivity contribution is -0.0251. The monoisotopic (exact) mass is 665 g/mol. The first kappa shape index (κ1) is 36.7. The summed E-state index contributed by atoms with van der Waals surface area (Å²) in [5.74, 6) is 0.791. The van der Waals surface area contributed by atoms with Gasteiger partial charge in [-0.1, -0.05) is 63.8 Å². The Bertz CT molecular complexity index is 1480. The fraction of sp³-hybridized carbons (Fsp3) is 0.594. The van der Waals surface area contributed by atoms with Gasteiger partial charge in [0.1, 0.15) is 28.8 Å². The van der Waals surface area contributed by atoms with Crippen molar-refractivity contribution < 1.29 is 36.9 Å². The second-order valence-corrected chi connectivity index (χ2v) is 15.6. The van der Waals surface area contributed by atoms with E-state index in [2.05, 4.69) is 9.44 Å². The maximum Gasteiger partial charge on any atom is 0.211 e. The van der Waals surface area contributed by atoms with E-state index in [9.17, 15) is 32.2 Å². The minimum Gasteiger partial charge on any atom is -0.508 e. The van der Waals surface area contributed by atoms with Gasteiger partial charge in [0.2, 0.25) is 20.0 Å². The normalized spacial score (nSPS) is 25.4. The minimum absolute atomic E-state index is 0.0386. The van der Waals surface area contributed by atoms with Crippen LogP contribution in [-0.4, -0.2) is 62.4 Å². The number of benzene rings is 2. The summed E-state index contributed by atoms with van der Waals surface area (Å²) in [6, 6.07) is 14.0. The van der Waals surface area contributed by atoms with Crippen LogP contribution < -0.4 is 14.2 Å². The maximum absolute atomic E-state index is 12.1. The smallest absolute Gasteiger partial charge is 0.211 e. The summed E-state index contributed by atoms with van der Waals surface area (Å²) in [7, 11) is -6.78. The van der Waals surface area contributed by atoms with E-state index in [1.807, 2.05) is 19.9 Å². The second kappa shape index (κ2) is 16.2. The van der Waals surface area contributed by atoms with E-state index >= 15 is 0 Å². The highest BCUT2D eigenvalue weighted by molar-refractivity contribution is 7.89. The Kier molecular flexibility index (Phi) is 13.2. The molecule has 0 bridgehead atoms. The van der Waals surface area contributed by atoms with Crippen molar-refractivity contribution in [3.63, 3.8) is 0 Å². The first-order valence-corrected chi connectivity index (χ1v) is 18.9. The molecule has 0 aromatic heterocycles. The van der Waals surface area contributed by atoms with Gasteiger partial charge in [-0.25, -0.2) is 26.3 Å². The topological polar surface area (TPSA) is 186 Å². The standard InChI is InChI=1S/C17H24N2O4S.C15H23NO4S/c1-2-13-24(21,22)19-16-5-3-4-10-17(16,20)14-6-8-15(9-7-14)23-12-11-18;1-2-11-21(19,20)16-14-5-3-4-10-15(14,18)12-6-8-13(17)9-7-12/h6-9,16,19-20H,2-5,10,12-13H2,1H3;6-9,14,16-18H,2-5,10-11H2,1H3. The molecular weight excluding hydrogens is 618 g/mol. The molecule has 2 saturated carbocycles. The van der Waals surface area contributed by atoms with Crippen LogP contribution in [-0.2, 0) is 31.2 Å². The van der Waals surface area contributed by atoms with Crippen molar-refractivity contribution in [2.45, 2.75) is 101 Å². The predicted octanol–water partition coefficient (Wildman–Crippen LogP) is 3.90. The lowest BCUT2D eigenvalue weighted by Gasteiger charge is -2.40. The van der Waals surface area contributed by atoms with Gasteiger partial charge in [-0.2, -0.15) is 5.26 Å². The largest absolute Gasteiger partial charge is 0.508 e. The number of phenolic OH excluding ortho intramolecular Hbond substituents is 1. The number of phenols is 1. The molecule has 2 aromatic rings. The molecule has 2 aliphatic rings. The molecule has 2 aromatic carbocycles. The molecule has 0 radical (unpaired) electrons. The van der Waals surface area contributed by atoms with Crippen LogP contribution in [0.1, 0.15) is 89.2 Å². The van der Waals surface area contributed by atoms with Crippen LogP contribution in [0.15, 0.2) is 48.5 Å².